The van der Waals surface area contributed by atoms with Crippen molar-refractivity contribution in [2.45, 2.75) is 90.7 Å². The maximum Gasteiger partial charge on any atom is 0.269 e. The second-order valence-electron chi connectivity index (χ2n) is 7.85. The second-order valence-corrected chi connectivity index (χ2v) is 9.69. The smallest absolute Gasteiger partial charge is 0.269 e. The molecule has 0 spiro atoms. The van der Waals surface area contributed by atoms with Crippen molar-refractivity contribution in [2.75, 3.05) is 19.8 Å². The summed E-state index contributed by atoms with van der Waals surface area (Å²) in [6.07, 6.45) is 11.3. The molecule has 1 rings (SSSR count). The molecule has 5 nitrogen and oxygen atoms in total. The van der Waals surface area contributed by atoms with Gasteiger partial charge in [-0.15, -0.1) is 0 Å². The van der Waals surface area contributed by atoms with Crippen molar-refractivity contribution in [3.63, 3.8) is 0 Å². The highest BCUT2D eigenvalue weighted by Gasteiger charge is 2.17. The van der Waals surface area contributed by atoms with Crippen molar-refractivity contribution >= 4 is 10.1 Å². The van der Waals surface area contributed by atoms with Gasteiger partial charge in [0.05, 0.1) is 13.2 Å². The van der Waals surface area contributed by atoms with Gasteiger partial charge in [0, 0.05) is 0 Å². The van der Waals surface area contributed by atoms with Crippen LogP contribution >= 0.6 is 0 Å². The zero-order valence-corrected chi connectivity index (χ0v) is 19.5. The van der Waals surface area contributed by atoms with E-state index in [0.717, 1.165) is 18.6 Å². The molecular formula is C23H40O5S. The Morgan fingerprint density at radius 3 is 2.28 bits per heavy atom. The average molecular weight is 429 g/mol. The van der Waals surface area contributed by atoms with Crippen molar-refractivity contribution in [3.8, 4) is 5.75 Å². The molecule has 0 aliphatic heterocycles. The molecule has 0 bridgehead atoms. The average Bonchev–Trinajstić information content (AvgIpc) is 2.67. The first kappa shape index (κ1) is 25.9. The molecule has 0 aliphatic carbocycles. The van der Waals surface area contributed by atoms with Crippen LogP contribution in [0.4, 0.5) is 0 Å². The molecule has 1 atom stereocenters. The minimum atomic E-state index is -4.04. The van der Waals surface area contributed by atoms with E-state index in [1.165, 1.54) is 68.6 Å². The molecule has 1 aromatic carbocycles. The lowest BCUT2D eigenvalue weighted by Gasteiger charge is -2.15. The summed E-state index contributed by atoms with van der Waals surface area (Å²) in [6.45, 7) is 8.56. The Hall–Kier alpha value is -1.11. The van der Waals surface area contributed by atoms with Crippen LogP contribution in [-0.2, 0) is 27.7 Å². The Morgan fingerprint density at radius 1 is 1.00 bits per heavy atom. The number of rotatable bonds is 16. The van der Waals surface area contributed by atoms with Gasteiger partial charge in [-0.1, -0.05) is 52.4 Å². The monoisotopic (exact) mass is 428 g/mol. The fourth-order valence-electron chi connectivity index (χ4n) is 3.42. The van der Waals surface area contributed by atoms with Crippen LogP contribution in [0.25, 0.3) is 0 Å². The number of benzene rings is 1. The van der Waals surface area contributed by atoms with Crippen LogP contribution in [0.3, 0.4) is 0 Å². The van der Waals surface area contributed by atoms with Crippen molar-refractivity contribution in [2.24, 2.45) is 0 Å². The molecule has 1 N–H and O–H groups in total. The molecule has 0 aliphatic rings. The van der Waals surface area contributed by atoms with Gasteiger partial charge in [0.2, 0.25) is 0 Å². The summed E-state index contributed by atoms with van der Waals surface area (Å²) in [5, 5.41) is -0.928. The minimum Gasteiger partial charge on any atom is -0.491 e. The highest BCUT2D eigenvalue weighted by Crippen LogP contribution is 2.25. The topological polar surface area (TPSA) is 72.8 Å². The number of ether oxygens (including phenoxy) is 2. The van der Waals surface area contributed by atoms with Crippen molar-refractivity contribution in [3.05, 3.63) is 28.8 Å². The molecule has 0 amide bonds. The molecule has 0 heterocycles. The predicted octanol–water partition coefficient (Wildman–Crippen LogP) is 5.52. The molecular weight excluding hydrogens is 388 g/mol. The van der Waals surface area contributed by atoms with Gasteiger partial charge in [0.25, 0.3) is 10.1 Å². The third kappa shape index (κ3) is 10.5. The summed E-state index contributed by atoms with van der Waals surface area (Å²) in [4.78, 5) is 0. The Kier molecular flexibility index (Phi) is 12.5. The zero-order chi connectivity index (χ0) is 21.7. The zero-order valence-electron chi connectivity index (χ0n) is 18.7. The van der Waals surface area contributed by atoms with Gasteiger partial charge in [-0.2, -0.15) is 8.42 Å². The fraction of sp³-hybridized carbons (Fsp3) is 0.739. The first-order valence-corrected chi connectivity index (χ1v) is 12.6. The first-order chi connectivity index (χ1) is 13.8. The van der Waals surface area contributed by atoms with E-state index in [-0.39, 0.29) is 13.2 Å². The SMILES string of the molecule is CCCCCCCCCc1c(C)cc(OCCOCC(C)S(=O)(=O)O)cc1CC. The van der Waals surface area contributed by atoms with Crippen LogP contribution < -0.4 is 4.74 Å². The van der Waals surface area contributed by atoms with Gasteiger partial charge in [-0.3, -0.25) is 4.55 Å². The Balaban J connectivity index is 2.43. The van der Waals surface area contributed by atoms with Crippen LogP contribution in [0.5, 0.6) is 5.75 Å². The van der Waals surface area contributed by atoms with Crippen LogP contribution in [0.2, 0.25) is 0 Å². The highest BCUT2D eigenvalue weighted by molar-refractivity contribution is 7.86. The van der Waals surface area contributed by atoms with Crippen molar-refractivity contribution in [1.29, 1.82) is 0 Å². The third-order valence-electron chi connectivity index (χ3n) is 5.31. The van der Waals surface area contributed by atoms with Gasteiger partial charge in [-0.05, 0) is 61.9 Å². The van der Waals surface area contributed by atoms with Gasteiger partial charge in [0.1, 0.15) is 17.6 Å². The lowest BCUT2D eigenvalue weighted by molar-refractivity contribution is 0.101. The standard InChI is InChI=1S/C23H40O5S/c1-5-7-8-9-10-11-12-13-23-19(3)16-22(17-21(23)6-2)28-15-14-27-18-20(4)29(24,25)26/h16-17,20H,5-15,18H2,1-4H3,(H,24,25,26). The molecule has 168 valence electrons. The fourth-order valence-corrected chi connectivity index (χ4v) is 3.69. The maximum atomic E-state index is 11.0. The third-order valence-corrected chi connectivity index (χ3v) is 6.46. The van der Waals surface area contributed by atoms with Gasteiger partial charge < -0.3 is 9.47 Å². The summed E-state index contributed by atoms with van der Waals surface area (Å²) in [6, 6.07) is 4.20. The molecule has 6 heteroatoms. The lowest BCUT2D eigenvalue weighted by atomic mass is 9.94. The highest BCUT2D eigenvalue weighted by atomic mass is 32.2. The second kappa shape index (κ2) is 14.0. The number of hydrogen-bond donors (Lipinski definition) is 1. The van der Waals surface area contributed by atoms with Crippen LogP contribution in [0.15, 0.2) is 12.1 Å². The first-order valence-electron chi connectivity index (χ1n) is 11.1. The van der Waals surface area contributed by atoms with Gasteiger partial charge in [0.15, 0.2) is 0 Å². The Bertz CT molecular complexity index is 685. The summed E-state index contributed by atoms with van der Waals surface area (Å²) < 4.78 is 41.9. The molecule has 0 fully saturated rings. The molecule has 0 aromatic heterocycles. The van der Waals surface area contributed by atoms with E-state index in [0.29, 0.717) is 6.61 Å². The number of aryl methyl sites for hydroxylation is 2. The van der Waals surface area contributed by atoms with Gasteiger partial charge in [-0.25, -0.2) is 0 Å². The van der Waals surface area contributed by atoms with E-state index in [2.05, 4.69) is 32.9 Å². The molecule has 1 aromatic rings. The Morgan fingerprint density at radius 2 is 1.66 bits per heavy atom. The van der Waals surface area contributed by atoms with E-state index >= 15 is 0 Å². The van der Waals surface area contributed by atoms with Crippen LogP contribution in [0.1, 0.15) is 82.4 Å². The predicted molar refractivity (Wildman–Crippen MR) is 120 cm³/mol. The maximum absolute atomic E-state index is 11.0. The molecule has 1 unspecified atom stereocenters. The van der Waals surface area contributed by atoms with Crippen LogP contribution in [-0.4, -0.2) is 38.0 Å². The summed E-state index contributed by atoms with van der Waals surface area (Å²) in [7, 11) is -4.04. The minimum absolute atomic E-state index is 0.0428. The van der Waals surface area contributed by atoms with E-state index in [4.69, 9.17) is 14.0 Å². The summed E-state index contributed by atoms with van der Waals surface area (Å²) >= 11 is 0. The number of hydrogen-bond acceptors (Lipinski definition) is 4. The molecule has 0 saturated heterocycles. The van der Waals surface area contributed by atoms with Gasteiger partial charge >= 0.3 is 0 Å². The van der Waals surface area contributed by atoms with Crippen molar-refractivity contribution < 1.29 is 22.4 Å². The molecule has 0 radical (unpaired) electrons. The quantitative estimate of drug-likeness (QED) is 0.277. The van der Waals surface area contributed by atoms with E-state index in [9.17, 15) is 8.42 Å². The Labute approximate surface area is 177 Å². The molecule has 0 saturated carbocycles. The largest absolute Gasteiger partial charge is 0.491 e. The van der Waals surface area contributed by atoms with Crippen LogP contribution in [0, 0.1) is 6.92 Å². The molecule has 29 heavy (non-hydrogen) atoms. The van der Waals surface area contributed by atoms with E-state index < -0.39 is 15.4 Å². The van der Waals surface area contributed by atoms with Crippen molar-refractivity contribution in [1.82, 2.24) is 0 Å². The summed E-state index contributed by atoms with van der Waals surface area (Å²) in [5.74, 6) is 0.828. The van der Waals surface area contributed by atoms with E-state index in [1.807, 2.05) is 0 Å². The number of unbranched alkanes of at least 4 members (excludes halogenated alkanes) is 6. The lowest BCUT2D eigenvalue weighted by Crippen LogP contribution is -2.23. The van der Waals surface area contributed by atoms with E-state index in [1.54, 1.807) is 0 Å². The normalized spacial score (nSPS) is 12.9. The summed E-state index contributed by atoms with van der Waals surface area (Å²) in [5.41, 5.74) is 4.06.